The summed E-state index contributed by atoms with van der Waals surface area (Å²) >= 11 is -0.556. The van der Waals surface area contributed by atoms with Crippen molar-refractivity contribution in [1.82, 2.24) is 0 Å². The van der Waals surface area contributed by atoms with Gasteiger partial charge in [0.1, 0.15) is 0 Å². The summed E-state index contributed by atoms with van der Waals surface area (Å²) in [6.45, 7) is 2.16. The first kappa shape index (κ1) is 14.5. The molecule has 0 radical (unpaired) electrons. The Morgan fingerprint density at radius 3 is 2.26 bits per heavy atom. The van der Waals surface area contributed by atoms with E-state index in [9.17, 15) is 0 Å². The van der Waals surface area contributed by atoms with Crippen molar-refractivity contribution in [3.8, 4) is 0 Å². The van der Waals surface area contributed by atoms with Crippen LogP contribution in [0.1, 0.15) is 11.1 Å². The fraction of sp³-hybridized carbons (Fsp3) is 0. The van der Waals surface area contributed by atoms with Crippen LogP contribution in [0.3, 0.4) is 0 Å². The Bertz CT molecular complexity index is 543. The van der Waals surface area contributed by atoms with Gasteiger partial charge in [0.05, 0.1) is 0 Å². The number of fused-ring (bicyclic) bond motifs is 1. The molecule has 0 fully saturated rings. The van der Waals surface area contributed by atoms with Crippen molar-refractivity contribution in [3.05, 3.63) is 78.5 Å². The van der Waals surface area contributed by atoms with Gasteiger partial charge in [-0.25, -0.2) is 0 Å². The first-order chi connectivity index (χ1) is 9.35. The molecule has 0 bridgehead atoms. The van der Waals surface area contributed by atoms with Crippen molar-refractivity contribution in [2.24, 2.45) is 0 Å². The number of nitrogens with zero attached hydrogens (tertiary/aromatic N) is 1. The minimum absolute atomic E-state index is 0.556. The molecule has 1 nitrogen and oxygen atoms in total. The molecular weight excluding hydrogens is 457 g/mol. The Balaban J connectivity index is 0.000000408. The number of rotatable bonds is 1. The predicted octanol–water partition coefficient (Wildman–Crippen LogP) is 5.06. The van der Waals surface area contributed by atoms with Gasteiger partial charge in [0, 0.05) is 5.69 Å². The summed E-state index contributed by atoms with van der Waals surface area (Å²) in [7, 11) is 9.78. The zero-order valence-electron chi connectivity index (χ0n) is 9.96. The van der Waals surface area contributed by atoms with E-state index in [0.717, 1.165) is 0 Å². The monoisotopic (exact) mass is 469 g/mol. The van der Waals surface area contributed by atoms with Gasteiger partial charge >= 0.3 is 34.8 Å². The molecule has 1 heterocycles. The van der Waals surface area contributed by atoms with Crippen LogP contribution < -0.4 is 4.90 Å². The van der Waals surface area contributed by atoms with Gasteiger partial charge in [0.15, 0.2) is 0 Å². The SMILES string of the molecule is C1=CN(c2ccccc2)[CH-]c2ccccc21.[Cl][Ir+][Cl]. The normalized spacial score (nSPS) is 12.2. The molecule has 0 saturated heterocycles. The van der Waals surface area contributed by atoms with E-state index in [0.29, 0.717) is 0 Å². The first-order valence-corrected chi connectivity index (χ1v) is 11.6. The summed E-state index contributed by atoms with van der Waals surface area (Å²) < 4.78 is 0. The molecule has 0 spiro atoms. The van der Waals surface area contributed by atoms with Crippen molar-refractivity contribution in [2.75, 3.05) is 4.90 Å². The fourth-order valence-corrected chi connectivity index (χ4v) is 1.89. The zero-order chi connectivity index (χ0) is 13.5. The van der Waals surface area contributed by atoms with Gasteiger partial charge in [0.2, 0.25) is 0 Å². The number of benzene rings is 2. The van der Waals surface area contributed by atoms with E-state index in [1.54, 1.807) is 0 Å². The molecule has 0 unspecified atom stereocenters. The average Bonchev–Trinajstić information content (AvgIpc) is 2.48. The van der Waals surface area contributed by atoms with Crippen molar-refractivity contribution < 1.29 is 15.7 Å². The number of para-hydroxylation sites is 1. The number of hydrogen-bond donors (Lipinski definition) is 0. The summed E-state index contributed by atoms with van der Waals surface area (Å²) in [5.74, 6) is 0. The van der Waals surface area contributed by atoms with Crippen LogP contribution >= 0.6 is 19.2 Å². The van der Waals surface area contributed by atoms with Crippen LogP contribution in [0, 0.1) is 6.54 Å². The summed E-state index contributed by atoms with van der Waals surface area (Å²) in [5, 5.41) is 0. The molecular formula is C15H12Cl2IrN. The van der Waals surface area contributed by atoms with Crippen molar-refractivity contribution in [3.63, 3.8) is 0 Å². The van der Waals surface area contributed by atoms with Gasteiger partial charge in [-0.1, -0.05) is 36.9 Å². The van der Waals surface area contributed by atoms with E-state index in [4.69, 9.17) is 19.2 Å². The number of halogens is 2. The van der Waals surface area contributed by atoms with Gasteiger partial charge in [0.25, 0.3) is 0 Å². The molecule has 3 rings (SSSR count). The van der Waals surface area contributed by atoms with Crippen LogP contribution in [0.15, 0.2) is 60.8 Å². The second-order valence-corrected chi connectivity index (χ2v) is 7.32. The van der Waals surface area contributed by atoms with Crippen LogP contribution in [0.4, 0.5) is 5.69 Å². The maximum absolute atomic E-state index is 4.89. The van der Waals surface area contributed by atoms with E-state index in [2.05, 4.69) is 72.3 Å². The van der Waals surface area contributed by atoms with Gasteiger partial charge in [-0.3, -0.25) is 0 Å². The zero-order valence-corrected chi connectivity index (χ0v) is 13.9. The molecule has 0 aliphatic carbocycles. The first-order valence-electron chi connectivity index (χ1n) is 5.64. The maximum atomic E-state index is 4.89. The molecule has 100 valence electrons. The molecule has 2 aromatic rings. The van der Waals surface area contributed by atoms with Crippen molar-refractivity contribution in [1.29, 1.82) is 0 Å². The van der Waals surface area contributed by atoms with Crippen molar-refractivity contribution in [2.45, 2.75) is 0 Å². The molecule has 2 aromatic carbocycles. The number of hydrogen-bond acceptors (Lipinski definition) is 1. The minimum atomic E-state index is -0.556. The molecule has 4 heteroatoms. The molecule has 0 saturated carbocycles. The third kappa shape index (κ3) is 4.02. The van der Waals surface area contributed by atoms with Crippen LogP contribution in [0.2, 0.25) is 0 Å². The summed E-state index contributed by atoms with van der Waals surface area (Å²) in [4.78, 5) is 2.14. The molecule has 1 aliphatic heterocycles. The third-order valence-corrected chi connectivity index (χ3v) is 2.74. The molecule has 0 atom stereocenters. The van der Waals surface area contributed by atoms with Gasteiger partial charge in [-0.2, -0.15) is 11.6 Å². The van der Waals surface area contributed by atoms with E-state index in [1.165, 1.54) is 16.8 Å². The third-order valence-electron chi connectivity index (χ3n) is 2.74. The molecule has 0 aromatic heterocycles. The van der Waals surface area contributed by atoms with Gasteiger partial charge < -0.3 is 4.90 Å². The van der Waals surface area contributed by atoms with E-state index in [1.807, 2.05) is 6.07 Å². The van der Waals surface area contributed by atoms with Crippen LogP contribution in [0.5, 0.6) is 0 Å². The van der Waals surface area contributed by atoms with Gasteiger partial charge in [-0.15, -0.1) is 17.7 Å². The molecule has 1 aliphatic rings. The van der Waals surface area contributed by atoms with Crippen LogP contribution in [-0.4, -0.2) is 0 Å². The molecule has 0 N–H and O–H groups in total. The Hall–Kier alpha value is -0.921. The van der Waals surface area contributed by atoms with Gasteiger partial charge in [-0.05, 0) is 18.3 Å². The Kier molecular flexibility index (Phi) is 5.81. The molecule has 19 heavy (non-hydrogen) atoms. The topological polar surface area (TPSA) is 3.24 Å². The van der Waals surface area contributed by atoms with E-state index >= 15 is 0 Å². The number of anilines is 1. The average molecular weight is 469 g/mol. The Morgan fingerprint density at radius 2 is 1.53 bits per heavy atom. The molecule has 0 amide bonds. The second kappa shape index (κ2) is 7.62. The van der Waals surface area contributed by atoms with Crippen LogP contribution in [0.25, 0.3) is 6.08 Å². The predicted molar refractivity (Wildman–Crippen MR) is 79.5 cm³/mol. The van der Waals surface area contributed by atoms with E-state index < -0.39 is 15.7 Å². The Labute approximate surface area is 129 Å². The standard InChI is InChI=1S/C15H12N.2ClH.Ir/c1-2-8-15(9-3-1)16-11-10-13-6-4-5-7-14(13)12-16;;;/h1-12H;2*1H;/q-1;;;+3/p-2. The summed E-state index contributed by atoms with van der Waals surface area (Å²) in [6.07, 6.45) is 4.24. The fourth-order valence-electron chi connectivity index (χ4n) is 1.89. The van der Waals surface area contributed by atoms with Crippen LogP contribution in [-0.2, 0) is 15.7 Å². The summed E-state index contributed by atoms with van der Waals surface area (Å²) in [5.41, 5.74) is 3.72. The quantitative estimate of drug-likeness (QED) is 0.528. The van der Waals surface area contributed by atoms with Crippen molar-refractivity contribution >= 4 is 30.9 Å². The van der Waals surface area contributed by atoms with E-state index in [-0.39, 0.29) is 0 Å². The summed E-state index contributed by atoms with van der Waals surface area (Å²) in [6, 6.07) is 18.7. The Morgan fingerprint density at radius 1 is 0.895 bits per heavy atom. The second-order valence-electron chi connectivity index (χ2n) is 3.86.